The third-order valence-electron chi connectivity index (χ3n) is 6.87. The summed E-state index contributed by atoms with van der Waals surface area (Å²) in [5.41, 5.74) is 3.49. The van der Waals surface area contributed by atoms with Gasteiger partial charge >= 0.3 is 0 Å². The predicted molar refractivity (Wildman–Crippen MR) is 129 cm³/mol. The Hall–Kier alpha value is -2.71. The molecule has 4 rings (SSSR count). The van der Waals surface area contributed by atoms with Gasteiger partial charge in [-0.25, -0.2) is 8.42 Å². The lowest BCUT2D eigenvalue weighted by atomic mass is 9.86. The Bertz CT molecular complexity index is 1240. The molecule has 2 heterocycles. The Morgan fingerprint density at radius 1 is 1.12 bits per heavy atom. The van der Waals surface area contributed by atoms with E-state index in [1.807, 2.05) is 45.9 Å². The number of carbonyl (C=O) groups excluding carboxylic acids is 2. The van der Waals surface area contributed by atoms with Gasteiger partial charge in [-0.3, -0.25) is 9.59 Å². The molecule has 1 atom stereocenters. The fraction of sp³-hybridized carbons (Fsp3) is 0.440. The second-order valence-corrected chi connectivity index (χ2v) is 11.6. The van der Waals surface area contributed by atoms with E-state index in [2.05, 4.69) is 5.32 Å². The molecule has 0 aliphatic carbocycles. The molecule has 8 heteroatoms. The quantitative estimate of drug-likeness (QED) is 0.741. The molecule has 0 spiro atoms. The molecule has 1 N–H and O–H groups in total. The van der Waals surface area contributed by atoms with Gasteiger partial charge in [-0.2, -0.15) is 4.31 Å². The van der Waals surface area contributed by atoms with E-state index in [4.69, 9.17) is 0 Å². The molecule has 2 aromatic carbocycles. The van der Waals surface area contributed by atoms with Crippen LogP contribution in [0.4, 0.5) is 11.4 Å². The molecule has 2 amide bonds. The van der Waals surface area contributed by atoms with Crippen LogP contribution in [0.3, 0.4) is 0 Å². The number of carbonyl (C=O) groups is 2. The highest BCUT2D eigenvalue weighted by Gasteiger charge is 2.43. The molecule has 33 heavy (non-hydrogen) atoms. The number of hydrogen-bond donors (Lipinski definition) is 1. The summed E-state index contributed by atoms with van der Waals surface area (Å²) in [5, 5.41) is 2.97. The SMILES string of the molecule is Cc1ccc(NC(=O)[C@H]2CCCN(S(=O)(=O)c3ccc4c(c3)C(C)(C)C(=O)N4C)C2)c(C)c1. The molecule has 7 nitrogen and oxygen atoms in total. The highest BCUT2D eigenvalue weighted by Crippen LogP contribution is 2.42. The van der Waals surface area contributed by atoms with Crippen LogP contribution in [-0.2, 0) is 25.0 Å². The van der Waals surface area contributed by atoms with E-state index in [0.29, 0.717) is 24.9 Å². The smallest absolute Gasteiger partial charge is 0.243 e. The molecule has 2 aliphatic rings. The van der Waals surface area contributed by atoms with Crippen molar-refractivity contribution in [2.45, 2.75) is 50.8 Å². The number of fused-ring (bicyclic) bond motifs is 1. The fourth-order valence-electron chi connectivity index (χ4n) is 4.82. The molecule has 0 bridgehead atoms. The summed E-state index contributed by atoms with van der Waals surface area (Å²) in [4.78, 5) is 27.3. The van der Waals surface area contributed by atoms with Gasteiger partial charge in [0.1, 0.15) is 0 Å². The zero-order valence-electron chi connectivity index (χ0n) is 19.8. The molecule has 1 fully saturated rings. The minimum absolute atomic E-state index is 0.0619. The van der Waals surface area contributed by atoms with Crippen LogP contribution in [0.25, 0.3) is 0 Å². The Labute approximate surface area is 195 Å². The number of benzene rings is 2. The average Bonchev–Trinajstić information content (AvgIpc) is 2.95. The van der Waals surface area contributed by atoms with Crippen LogP contribution in [-0.4, -0.2) is 44.7 Å². The second kappa shape index (κ2) is 8.25. The van der Waals surface area contributed by atoms with Gasteiger partial charge in [0.2, 0.25) is 21.8 Å². The third kappa shape index (κ3) is 4.06. The number of rotatable bonds is 4. The van der Waals surface area contributed by atoms with Gasteiger partial charge in [-0.15, -0.1) is 0 Å². The van der Waals surface area contributed by atoms with Gasteiger partial charge in [0.05, 0.1) is 16.2 Å². The molecule has 2 aliphatic heterocycles. The zero-order valence-corrected chi connectivity index (χ0v) is 20.6. The van der Waals surface area contributed by atoms with Crippen LogP contribution in [0.2, 0.25) is 0 Å². The number of nitrogens with zero attached hydrogens (tertiary/aromatic N) is 2. The summed E-state index contributed by atoms with van der Waals surface area (Å²) < 4.78 is 28.4. The number of likely N-dealkylation sites (N-methyl/N-ethyl adjacent to an activating group) is 1. The van der Waals surface area contributed by atoms with Crippen LogP contribution in [0, 0.1) is 19.8 Å². The van der Waals surface area contributed by atoms with Crippen LogP contribution in [0.5, 0.6) is 0 Å². The summed E-state index contributed by atoms with van der Waals surface area (Å²) in [6.45, 7) is 8.06. The van der Waals surface area contributed by atoms with E-state index in [9.17, 15) is 18.0 Å². The van der Waals surface area contributed by atoms with Crippen molar-refractivity contribution in [2.75, 3.05) is 30.4 Å². The summed E-state index contributed by atoms with van der Waals surface area (Å²) in [7, 11) is -2.10. The molecule has 0 unspecified atom stereocenters. The number of anilines is 2. The predicted octanol–water partition coefficient (Wildman–Crippen LogP) is 3.60. The van der Waals surface area contributed by atoms with E-state index in [-0.39, 0.29) is 23.3 Å². The third-order valence-corrected chi connectivity index (χ3v) is 8.74. The Balaban J connectivity index is 1.55. The fourth-order valence-corrected chi connectivity index (χ4v) is 6.38. The number of amides is 2. The van der Waals surface area contributed by atoms with Crippen molar-refractivity contribution >= 4 is 33.2 Å². The van der Waals surface area contributed by atoms with Gasteiger partial charge in [0, 0.05) is 31.5 Å². The first-order valence-corrected chi connectivity index (χ1v) is 12.7. The first kappa shape index (κ1) is 23.4. The Kier molecular flexibility index (Phi) is 5.87. The van der Waals surface area contributed by atoms with Gasteiger partial charge in [0.15, 0.2) is 0 Å². The lowest BCUT2D eigenvalue weighted by molar-refractivity contribution is -0.122. The minimum Gasteiger partial charge on any atom is -0.326 e. The van der Waals surface area contributed by atoms with Crippen molar-refractivity contribution in [3.63, 3.8) is 0 Å². The normalized spacial score (nSPS) is 20.6. The van der Waals surface area contributed by atoms with Crippen LogP contribution in [0.1, 0.15) is 43.4 Å². The average molecular weight is 470 g/mol. The molecule has 176 valence electrons. The summed E-state index contributed by atoms with van der Waals surface area (Å²) in [5.74, 6) is -0.648. The van der Waals surface area contributed by atoms with E-state index >= 15 is 0 Å². The van der Waals surface area contributed by atoms with E-state index < -0.39 is 21.4 Å². The zero-order chi connectivity index (χ0) is 24.1. The van der Waals surface area contributed by atoms with Crippen molar-refractivity contribution < 1.29 is 18.0 Å². The maximum absolute atomic E-state index is 13.5. The summed E-state index contributed by atoms with van der Waals surface area (Å²) >= 11 is 0. The van der Waals surface area contributed by atoms with E-state index in [1.54, 1.807) is 30.1 Å². The molecule has 0 aromatic heterocycles. The van der Waals surface area contributed by atoms with Crippen LogP contribution < -0.4 is 10.2 Å². The summed E-state index contributed by atoms with van der Waals surface area (Å²) in [6.07, 6.45) is 1.25. The van der Waals surface area contributed by atoms with E-state index in [1.165, 1.54) is 4.31 Å². The van der Waals surface area contributed by atoms with Crippen LogP contribution in [0.15, 0.2) is 41.3 Å². The maximum Gasteiger partial charge on any atom is 0.243 e. The monoisotopic (exact) mass is 469 g/mol. The highest BCUT2D eigenvalue weighted by molar-refractivity contribution is 7.89. The number of aryl methyl sites for hydroxylation is 2. The lowest BCUT2D eigenvalue weighted by Crippen LogP contribution is -2.43. The summed E-state index contributed by atoms with van der Waals surface area (Å²) in [6, 6.07) is 10.7. The highest BCUT2D eigenvalue weighted by atomic mass is 32.2. The first-order valence-electron chi connectivity index (χ1n) is 11.2. The van der Waals surface area contributed by atoms with E-state index in [0.717, 1.165) is 22.5 Å². The molecule has 1 saturated heterocycles. The number of sulfonamides is 1. The van der Waals surface area contributed by atoms with Crippen molar-refractivity contribution in [1.29, 1.82) is 0 Å². The standard InChI is InChI=1S/C25H31N3O4S/c1-16-8-10-21(17(2)13-16)26-23(29)18-7-6-12-28(15-18)33(31,32)19-9-11-22-20(14-19)25(3,4)24(30)27(22)5/h8-11,13-14,18H,6-7,12,15H2,1-5H3,(H,26,29)/t18-/m0/s1. The topological polar surface area (TPSA) is 86.8 Å². The Morgan fingerprint density at radius 3 is 2.55 bits per heavy atom. The molecular weight excluding hydrogens is 438 g/mol. The minimum atomic E-state index is -3.80. The van der Waals surface area contributed by atoms with Gasteiger partial charge < -0.3 is 10.2 Å². The van der Waals surface area contributed by atoms with Crippen molar-refractivity contribution in [3.8, 4) is 0 Å². The number of piperidine rings is 1. The number of hydrogen-bond acceptors (Lipinski definition) is 4. The molecule has 0 radical (unpaired) electrons. The number of nitrogens with one attached hydrogen (secondary N) is 1. The Morgan fingerprint density at radius 2 is 1.85 bits per heavy atom. The maximum atomic E-state index is 13.5. The van der Waals surface area contributed by atoms with Crippen molar-refractivity contribution in [2.24, 2.45) is 5.92 Å². The molecule has 2 aromatic rings. The molecular formula is C25H31N3O4S. The molecule has 0 saturated carbocycles. The van der Waals surface area contributed by atoms with Gasteiger partial charge in [0.25, 0.3) is 0 Å². The van der Waals surface area contributed by atoms with Crippen LogP contribution >= 0.6 is 0 Å². The van der Waals surface area contributed by atoms with Gasteiger partial charge in [-0.1, -0.05) is 17.7 Å². The van der Waals surface area contributed by atoms with Crippen molar-refractivity contribution in [3.05, 3.63) is 53.1 Å². The lowest BCUT2D eigenvalue weighted by Gasteiger charge is -2.31. The van der Waals surface area contributed by atoms with Gasteiger partial charge in [-0.05, 0) is 75.9 Å². The van der Waals surface area contributed by atoms with Crippen molar-refractivity contribution in [1.82, 2.24) is 4.31 Å². The largest absolute Gasteiger partial charge is 0.326 e. The first-order chi connectivity index (χ1) is 15.4. The second-order valence-electron chi connectivity index (χ2n) is 9.68.